The minimum absolute atomic E-state index is 0.0422. The van der Waals surface area contributed by atoms with E-state index >= 15 is 0 Å². The minimum Gasteiger partial charge on any atom is -0.490 e. The molecule has 9 rings (SSSR count). The first-order valence-corrected chi connectivity index (χ1v) is 20.2. The van der Waals surface area contributed by atoms with Gasteiger partial charge < -0.3 is 42.6 Å². The molecule has 5 aliphatic rings. The molecule has 3 saturated heterocycles. The first kappa shape index (κ1) is 39.4. The van der Waals surface area contributed by atoms with Crippen molar-refractivity contribution in [2.75, 3.05) is 7.11 Å². The number of pyridine rings is 2. The fourth-order valence-electron chi connectivity index (χ4n) is 8.55. The van der Waals surface area contributed by atoms with Gasteiger partial charge in [-0.05, 0) is 82.1 Å². The number of hydrogen-bond donors (Lipinski definition) is 0. The molecule has 5 heterocycles. The second kappa shape index (κ2) is 15.1. The second-order valence-corrected chi connectivity index (χ2v) is 17.5. The topological polar surface area (TPSA) is 143 Å². The lowest BCUT2D eigenvalue weighted by Gasteiger charge is -2.46. The third-order valence-electron chi connectivity index (χ3n) is 11.2. The van der Waals surface area contributed by atoms with Crippen LogP contribution in [0.1, 0.15) is 60.3 Å². The number of rotatable bonds is 7. The summed E-state index contributed by atoms with van der Waals surface area (Å²) in [4.78, 5) is 31.7. The summed E-state index contributed by atoms with van der Waals surface area (Å²) in [5.74, 6) is -0.0791. The summed E-state index contributed by atoms with van der Waals surface area (Å²) >= 11 is 6.87. The Hall–Kier alpha value is -3.44. The zero-order chi connectivity index (χ0) is 39.6. The molecule has 5 fully saturated rings. The summed E-state index contributed by atoms with van der Waals surface area (Å²) < 4.78 is 54.6. The molecule has 2 aliphatic carbocycles. The van der Waals surface area contributed by atoms with Crippen LogP contribution < -0.4 is 9.47 Å². The third kappa shape index (κ3) is 7.75. The summed E-state index contributed by atoms with van der Waals surface area (Å²) in [6.45, 7) is 8.45. The quantitative estimate of drug-likeness (QED) is 0.169. The SMILES string of the molecule is CC(=O)OC1OC2(CC(Oc3ccc4cc(Br)cnc4c3)C2)[C@@H](C)C1OC(C)=O.CO[C@@H]1OC2(CC(Oc3ccc4cc(Br)cnc4c3)C2)[C@H]2OC(C)(C)O[C@@H]12. The number of methoxy groups -OCH3 is 1. The van der Waals surface area contributed by atoms with Gasteiger partial charge in [0.25, 0.3) is 0 Å². The Kier molecular flexibility index (Phi) is 10.6. The van der Waals surface area contributed by atoms with Gasteiger partial charge >= 0.3 is 11.9 Å². The van der Waals surface area contributed by atoms with E-state index < -0.39 is 47.6 Å². The Labute approximate surface area is 341 Å². The maximum absolute atomic E-state index is 11.5. The van der Waals surface area contributed by atoms with Gasteiger partial charge in [-0.15, -0.1) is 0 Å². The van der Waals surface area contributed by atoms with E-state index in [4.69, 9.17) is 42.6 Å². The van der Waals surface area contributed by atoms with E-state index in [1.165, 1.54) is 13.8 Å². The predicted octanol–water partition coefficient (Wildman–Crippen LogP) is 7.56. The number of hydrogen-bond acceptors (Lipinski definition) is 13. The van der Waals surface area contributed by atoms with Gasteiger partial charge in [0, 0.05) is 96.8 Å². The maximum atomic E-state index is 11.5. The summed E-state index contributed by atoms with van der Waals surface area (Å²) in [5, 5.41) is 2.10. The lowest BCUT2D eigenvalue weighted by molar-refractivity contribution is -0.275. The number of carbonyl (C=O) groups is 2. The highest BCUT2D eigenvalue weighted by atomic mass is 79.9. The molecule has 2 aromatic heterocycles. The number of esters is 2. The Morgan fingerprint density at radius 2 is 1.23 bits per heavy atom. The van der Waals surface area contributed by atoms with Crippen molar-refractivity contribution < 1.29 is 52.2 Å². The average molecular weight is 901 g/mol. The van der Waals surface area contributed by atoms with Gasteiger partial charge in [0.2, 0.25) is 6.29 Å². The van der Waals surface area contributed by atoms with E-state index in [2.05, 4.69) is 41.8 Å². The fraction of sp³-hybridized carbons (Fsp3) is 0.512. The number of fused-ring (bicyclic) bond motifs is 4. The van der Waals surface area contributed by atoms with Gasteiger partial charge in [-0.1, -0.05) is 6.92 Å². The monoisotopic (exact) mass is 898 g/mol. The van der Waals surface area contributed by atoms with Gasteiger partial charge in [0.05, 0.1) is 16.6 Å². The molecule has 2 aromatic carbocycles. The van der Waals surface area contributed by atoms with Crippen molar-refractivity contribution in [1.82, 2.24) is 9.97 Å². The Morgan fingerprint density at radius 1 is 0.714 bits per heavy atom. The predicted molar refractivity (Wildman–Crippen MR) is 209 cm³/mol. The normalized spacial score (nSPS) is 33.6. The summed E-state index contributed by atoms with van der Waals surface area (Å²) in [7, 11) is 1.64. The molecule has 0 amide bonds. The summed E-state index contributed by atoms with van der Waals surface area (Å²) in [6, 6.07) is 15.8. The number of benzene rings is 2. The lowest BCUT2D eigenvalue weighted by Crippen LogP contribution is -2.57. The molecule has 56 heavy (non-hydrogen) atoms. The van der Waals surface area contributed by atoms with Crippen molar-refractivity contribution >= 4 is 65.6 Å². The standard InChI is InChI=1S/C21H22BrNO6.C20H22BrNO5/c1-11-19(26-12(2)24)20(27-13(3)25)29-21(11)8-17(9-21)28-16-5-4-14-6-15(22)10-23-18(14)7-16;1-19(2)25-16-17(26-19)20(27-18(16)23-3)8-14(9-20)24-13-5-4-11-6-12(21)10-22-15(11)7-13/h4-7,10-11,17,19-20H,8-9H2,1-3H3;4-7,10,14,16-18H,8-9H2,1-3H3/t11-,17?,19?,20?,21?;14?,16-,17+,18-,20?/m01/s1. The molecule has 2 unspecified atom stereocenters. The largest absolute Gasteiger partial charge is 0.490 e. The van der Waals surface area contributed by atoms with E-state index in [-0.39, 0.29) is 30.3 Å². The number of aromatic nitrogens is 2. The van der Waals surface area contributed by atoms with E-state index in [0.29, 0.717) is 12.8 Å². The molecule has 298 valence electrons. The van der Waals surface area contributed by atoms with Crippen molar-refractivity contribution in [3.05, 3.63) is 69.9 Å². The van der Waals surface area contributed by atoms with Crippen LogP contribution >= 0.6 is 31.9 Å². The average Bonchev–Trinajstić information content (AvgIpc) is 3.68. The number of ether oxygens (including phenoxy) is 9. The Balaban J connectivity index is 0.000000158. The molecule has 2 spiro atoms. The van der Waals surface area contributed by atoms with E-state index in [1.54, 1.807) is 19.5 Å². The smallest absolute Gasteiger partial charge is 0.305 e. The van der Waals surface area contributed by atoms with E-state index in [0.717, 1.165) is 55.1 Å². The molecule has 0 N–H and O–H groups in total. The van der Waals surface area contributed by atoms with Crippen LogP contribution in [-0.2, 0) is 42.7 Å². The van der Waals surface area contributed by atoms with Crippen molar-refractivity contribution in [2.45, 2.75) is 120 Å². The van der Waals surface area contributed by atoms with Gasteiger partial charge in [0.15, 0.2) is 18.2 Å². The van der Waals surface area contributed by atoms with Gasteiger partial charge in [0.1, 0.15) is 41.5 Å². The molecule has 2 saturated carbocycles. The lowest BCUT2D eigenvalue weighted by atomic mass is 9.69. The first-order chi connectivity index (χ1) is 26.6. The zero-order valence-corrected chi connectivity index (χ0v) is 35.0. The van der Waals surface area contributed by atoms with Crippen LogP contribution in [-0.4, -0.2) is 89.1 Å². The minimum atomic E-state index is -0.893. The highest BCUT2D eigenvalue weighted by molar-refractivity contribution is 9.10. The van der Waals surface area contributed by atoms with Gasteiger partial charge in [-0.2, -0.15) is 0 Å². The molecule has 6 atom stereocenters. The number of nitrogens with zero attached hydrogens (tertiary/aromatic N) is 2. The Morgan fingerprint density at radius 3 is 1.75 bits per heavy atom. The highest BCUT2D eigenvalue weighted by Crippen LogP contribution is 2.54. The molecule has 13 nitrogen and oxygen atoms in total. The van der Waals surface area contributed by atoms with Crippen LogP contribution in [0.3, 0.4) is 0 Å². The summed E-state index contributed by atoms with van der Waals surface area (Å²) in [6.07, 6.45) is 4.06. The van der Waals surface area contributed by atoms with Gasteiger partial charge in [-0.25, -0.2) is 0 Å². The van der Waals surface area contributed by atoms with Crippen LogP contribution in [0.5, 0.6) is 11.5 Å². The fourth-order valence-corrected chi connectivity index (χ4v) is 9.25. The van der Waals surface area contributed by atoms with Crippen molar-refractivity contribution in [1.29, 1.82) is 0 Å². The van der Waals surface area contributed by atoms with E-state index in [1.807, 2.05) is 69.3 Å². The summed E-state index contributed by atoms with van der Waals surface area (Å²) in [5.41, 5.74) is 0.833. The van der Waals surface area contributed by atoms with Crippen LogP contribution in [0.2, 0.25) is 0 Å². The molecule has 4 aromatic rings. The molecule has 3 aliphatic heterocycles. The maximum Gasteiger partial charge on any atom is 0.305 e. The van der Waals surface area contributed by atoms with Crippen LogP contribution in [0.15, 0.2) is 69.9 Å². The first-order valence-electron chi connectivity index (χ1n) is 18.7. The second-order valence-electron chi connectivity index (χ2n) is 15.6. The number of halogens is 2. The highest BCUT2D eigenvalue weighted by Gasteiger charge is 2.68. The van der Waals surface area contributed by atoms with E-state index in [9.17, 15) is 9.59 Å². The van der Waals surface area contributed by atoms with Crippen LogP contribution in [0, 0.1) is 5.92 Å². The molecule has 15 heteroatoms. The molecule has 0 bridgehead atoms. The van der Waals surface area contributed by atoms with Crippen molar-refractivity contribution in [2.24, 2.45) is 5.92 Å². The molecular formula is C41H44Br2N2O11. The molecular weight excluding hydrogens is 856 g/mol. The van der Waals surface area contributed by atoms with Crippen molar-refractivity contribution in [3.8, 4) is 11.5 Å². The third-order valence-corrected chi connectivity index (χ3v) is 12.0. The zero-order valence-electron chi connectivity index (χ0n) is 31.9. The van der Waals surface area contributed by atoms with Crippen LogP contribution in [0.4, 0.5) is 0 Å². The molecule has 0 radical (unpaired) electrons. The Bertz CT molecular complexity index is 2140. The van der Waals surface area contributed by atoms with Crippen molar-refractivity contribution in [3.63, 3.8) is 0 Å². The number of carbonyl (C=O) groups excluding carboxylic acids is 2. The van der Waals surface area contributed by atoms with Gasteiger partial charge in [-0.3, -0.25) is 19.6 Å². The van der Waals surface area contributed by atoms with Crippen LogP contribution in [0.25, 0.3) is 21.8 Å².